The first-order chi connectivity index (χ1) is 7.56. The smallest absolute Gasteiger partial charge is 0.252 e. The summed E-state index contributed by atoms with van der Waals surface area (Å²) in [6, 6.07) is 6.14. The van der Waals surface area contributed by atoms with Gasteiger partial charge in [-0.15, -0.1) is 0 Å². The van der Waals surface area contributed by atoms with Crippen LogP contribution in [0, 0.1) is 13.8 Å². The highest BCUT2D eigenvalue weighted by Crippen LogP contribution is 2.13. The van der Waals surface area contributed by atoms with Gasteiger partial charge in [-0.1, -0.05) is 18.2 Å². The lowest BCUT2D eigenvalue weighted by Gasteiger charge is -2.15. The maximum atomic E-state index is 12.1. The number of thioether (sulfide) groups is 1. The van der Waals surface area contributed by atoms with Crippen LogP contribution in [0.4, 0.5) is 0 Å². The Morgan fingerprint density at radius 2 is 1.94 bits per heavy atom. The lowest BCUT2D eigenvalue weighted by molar-refractivity contribution is 0.0942. The third-order valence-electron chi connectivity index (χ3n) is 2.50. The summed E-state index contributed by atoms with van der Waals surface area (Å²) in [7, 11) is 0. The van der Waals surface area contributed by atoms with Crippen molar-refractivity contribution in [2.75, 3.05) is 12.0 Å². The summed E-state index contributed by atoms with van der Waals surface area (Å²) >= 11 is 1.74. The molecule has 0 saturated heterocycles. The molecule has 0 aliphatic carbocycles. The van der Waals surface area contributed by atoms with Crippen molar-refractivity contribution < 1.29 is 4.79 Å². The van der Waals surface area contributed by atoms with Crippen LogP contribution in [0.1, 0.15) is 28.4 Å². The van der Waals surface area contributed by atoms with Gasteiger partial charge in [-0.05, 0) is 38.2 Å². The average molecular weight is 237 g/mol. The molecular formula is C13H19NOS. The summed E-state index contributed by atoms with van der Waals surface area (Å²) in [5.41, 5.74) is 2.89. The van der Waals surface area contributed by atoms with E-state index in [0.717, 1.165) is 22.4 Å². The molecule has 0 heterocycles. The maximum Gasteiger partial charge on any atom is 0.252 e. The highest BCUT2D eigenvalue weighted by Gasteiger charge is 2.13. The molecule has 0 fully saturated rings. The first-order valence-corrected chi connectivity index (χ1v) is 6.81. The third kappa shape index (κ3) is 3.27. The van der Waals surface area contributed by atoms with Crippen molar-refractivity contribution in [2.24, 2.45) is 0 Å². The predicted octanol–water partition coefficient (Wildman–Crippen LogP) is 2.78. The van der Waals surface area contributed by atoms with Crippen LogP contribution >= 0.6 is 11.8 Å². The summed E-state index contributed by atoms with van der Waals surface area (Å²) < 4.78 is 0. The van der Waals surface area contributed by atoms with Gasteiger partial charge in [0, 0.05) is 17.4 Å². The number of rotatable bonds is 4. The van der Waals surface area contributed by atoms with E-state index in [1.165, 1.54) is 0 Å². The standard InChI is InChI=1S/C13H19NOS/c1-9-6-5-7-10(2)12(9)13(15)14-11(3)8-16-4/h5-7,11H,8H2,1-4H3,(H,14,15). The van der Waals surface area contributed by atoms with E-state index in [0.29, 0.717) is 0 Å². The van der Waals surface area contributed by atoms with E-state index >= 15 is 0 Å². The molecule has 88 valence electrons. The quantitative estimate of drug-likeness (QED) is 0.872. The number of amides is 1. The second kappa shape index (κ2) is 5.94. The first-order valence-electron chi connectivity index (χ1n) is 5.42. The molecule has 1 rings (SSSR count). The average Bonchev–Trinajstić information content (AvgIpc) is 2.17. The second-order valence-electron chi connectivity index (χ2n) is 4.10. The van der Waals surface area contributed by atoms with Crippen LogP contribution in [-0.4, -0.2) is 24.0 Å². The number of nitrogens with one attached hydrogen (secondary N) is 1. The van der Waals surface area contributed by atoms with Gasteiger partial charge in [0.05, 0.1) is 0 Å². The SMILES string of the molecule is CSCC(C)NC(=O)c1c(C)cccc1C. The Morgan fingerprint density at radius 3 is 2.44 bits per heavy atom. The van der Waals surface area contributed by atoms with Crippen LogP contribution in [0.3, 0.4) is 0 Å². The molecule has 2 nitrogen and oxygen atoms in total. The molecule has 3 heteroatoms. The van der Waals surface area contributed by atoms with Gasteiger partial charge in [0.1, 0.15) is 0 Å². The van der Waals surface area contributed by atoms with Gasteiger partial charge in [-0.25, -0.2) is 0 Å². The minimum Gasteiger partial charge on any atom is -0.349 e. The van der Waals surface area contributed by atoms with E-state index in [1.54, 1.807) is 11.8 Å². The van der Waals surface area contributed by atoms with Gasteiger partial charge in [0.25, 0.3) is 5.91 Å². The Morgan fingerprint density at radius 1 is 1.38 bits per heavy atom. The number of carbonyl (C=O) groups excluding carboxylic acids is 1. The Balaban J connectivity index is 2.80. The number of hydrogen-bond acceptors (Lipinski definition) is 2. The van der Waals surface area contributed by atoms with E-state index in [1.807, 2.05) is 45.2 Å². The Labute approximate surface area is 102 Å². The molecule has 1 aromatic rings. The number of benzene rings is 1. The van der Waals surface area contributed by atoms with E-state index in [-0.39, 0.29) is 11.9 Å². The molecule has 1 N–H and O–H groups in total. The zero-order chi connectivity index (χ0) is 12.1. The number of hydrogen-bond donors (Lipinski definition) is 1. The van der Waals surface area contributed by atoms with Gasteiger partial charge in [-0.2, -0.15) is 11.8 Å². The zero-order valence-electron chi connectivity index (χ0n) is 10.3. The molecule has 0 spiro atoms. The molecule has 16 heavy (non-hydrogen) atoms. The number of aryl methyl sites for hydroxylation is 2. The van der Waals surface area contributed by atoms with Crippen LogP contribution < -0.4 is 5.32 Å². The molecule has 0 bridgehead atoms. The lowest BCUT2D eigenvalue weighted by atomic mass is 10.0. The lowest BCUT2D eigenvalue weighted by Crippen LogP contribution is -2.35. The van der Waals surface area contributed by atoms with E-state index in [4.69, 9.17) is 0 Å². The molecule has 0 aromatic heterocycles. The van der Waals surface area contributed by atoms with Crippen molar-refractivity contribution in [3.05, 3.63) is 34.9 Å². The molecule has 0 aliphatic heterocycles. The van der Waals surface area contributed by atoms with Crippen LogP contribution in [-0.2, 0) is 0 Å². The molecule has 1 atom stereocenters. The molecule has 1 aromatic carbocycles. The summed E-state index contributed by atoms with van der Waals surface area (Å²) in [6.07, 6.45) is 2.04. The van der Waals surface area contributed by atoms with Crippen molar-refractivity contribution >= 4 is 17.7 Å². The van der Waals surface area contributed by atoms with E-state index < -0.39 is 0 Å². The van der Waals surface area contributed by atoms with Gasteiger partial charge >= 0.3 is 0 Å². The molecule has 1 unspecified atom stereocenters. The molecule has 0 radical (unpaired) electrons. The minimum atomic E-state index is 0.0390. The van der Waals surface area contributed by atoms with E-state index in [2.05, 4.69) is 5.32 Å². The van der Waals surface area contributed by atoms with Gasteiger partial charge < -0.3 is 5.32 Å². The van der Waals surface area contributed by atoms with Crippen LogP contribution in [0.2, 0.25) is 0 Å². The van der Waals surface area contributed by atoms with Gasteiger partial charge in [0.15, 0.2) is 0 Å². The summed E-state index contributed by atoms with van der Waals surface area (Å²) in [5, 5.41) is 3.02. The Bertz CT molecular complexity index is 356. The zero-order valence-corrected chi connectivity index (χ0v) is 11.1. The van der Waals surface area contributed by atoms with Crippen LogP contribution in [0.15, 0.2) is 18.2 Å². The maximum absolute atomic E-state index is 12.1. The minimum absolute atomic E-state index is 0.0390. The monoisotopic (exact) mass is 237 g/mol. The molecule has 0 aliphatic rings. The van der Waals surface area contributed by atoms with Crippen molar-refractivity contribution in [3.63, 3.8) is 0 Å². The fourth-order valence-corrected chi connectivity index (χ4v) is 2.34. The molecule has 0 saturated carbocycles. The number of carbonyl (C=O) groups is 1. The Kier molecular flexibility index (Phi) is 4.87. The Hall–Kier alpha value is -0.960. The van der Waals surface area contributed by atoms with Gasteiger partial charge in [0.2, 0.25) is 0 Å². The van der Waals surface area contributed by atoms with Crippen molar-refractivity contribution in [1.29, 1.82) is 0 Å². The summed E-state index contributed by atoms with van der Waals surface area (Å²) in [5.74, 6) is 0.980. The normalized spacial score (nSPS) is 12.2. The predicted molar refractivity (Wildman–Crippen MR) is 71.2 cm³/mol. The van der Waals surface area contributed by atoms with E-state index in [9.17, 15) is 4.79 Å². The fraction of sp³-hybridized carbons (Fsp3) is 0.462. The topological polar surface area (TPSA) is 29.1 Å². The molecule has 1 amide bonds. The highest BCUT2D eigenvalue weighted by molar-refractivity contribution is 7.98. The van der Waals surface area contributed by atoms with Crippen molar-refractivity contribution in [3.8, 4) is 0 Å². The molecular weight excluding hydrogens is 218 g/mol. The first kappa shape index (κ1) is 13.1. The summed E-state index contributed by atoms with van der Waals surface area (Å²) in [6.45, 7) is 5.98. The summed E-state index contributed by atoms with van der Waals surface area (Å²) in [4.78, 5) is 12.1. The second-order valence-corrected chi connectivity index (χ2v) is 5.01. The van der Waals surface area contributed by atoms with Crippen LogP contribution in [0.5, 0.6) is 0 Å². The van der Waals surface area contributed by atoms with Gasteiger partial charge in [-0.3, -0.25) is 4.79 Å². The van der Waals surface area contributed by atoms with Crippen LogP contribution in [0.25, 0.3) is 0 Å². The third-order valence-corrected chi connectivity index (χ3v) is 3.34. The highest BCUT2D eigenvalue weighted by atomic mass is 32.2. The fourth-order valence-electron chi connectivity index (χ4n) is 1.76. The largest absolute Gasteiger partial charge is 0.349 e. The van der Waals surface area contributed by atoms with Crippen molar-refractivity contribution in [1.82, 2.24) is 5.32 Å². The van der Waals surface area contributed by atoms with Crippen molar-refractivity contribution in [2.45, 2.75) is 26.8 Å².